The molecule has 0 amide bonds. The van der Waals surface area contributed by atoms with Crippen LogP contribution in [0, 0.1) is 17.6 Å². The topological polar surface area (TPSA) is 77.2 Å². The van der Waals surface area contributed by atoms with Crippen molar-refractivity contribution >= 4 is 23.8 Å². The highest BCUT2D eigenvalue weighted by Gasteiger charge is 2.52. The summed E-state index contributed by atoms with van der Waals surface area (Å²) in [7, 11) is 3.41. The lowest BCUT2D eigenvalue weighted by atomic mass is 9.72. The number of fused-ring (bicyclic) bond motifs is 2. The molecule has 3 unspecified atom stereocenters. The summed E-state index contributed by atoms with van der Waals surface area (Å²) in [5, 5.41) is 0.126. The summed E-state index contributed by atoms with van der Waals surface area (Å²) in [5.41, 5.74) is 5.30. The Morgan fingerprint density at radius 1 is 1.29 bits per heavy atom. The smallest absolute Gasteiger partial charge is 0.192 e. The van der Waals surface area contributed by atoms with Crippen molar-refractivity contribution in [1.29, 1.82) is 0 Å². The first-order valence-corrected chi connectivity index (χ1v) is 10.2. The highest BCUT2D eigenvalue weighted by Crippen LogP contribution is 2.49. The maximum absolute atomic E-state index is 15.1. The van der Waals surface area contributed by atoms with Crippen molar-refractivity contribution in [2.24, 2.45) is 16.6 Å². The van der Waals surface area contributed by atoms with Crippen LogP contribution in [-0.4, -0.2) is 50.6 Å². The Balaban J connectivity index is 1.97. The second kappa shape index (κ2) is 8.09. The Bertz CT molecular complexity index is 1040. The molecular formula is C22H22ClF2N3O3. The normalized spacial score (nSPS) is 25.3. The van der Waals surface area contributed by atoms with Crippen LogP contribution < -0.4 is 10.5 Å². The van der Waals surface area contributed by atoms with Gasteiger partial charge in [-0.05, 0) is 29.8 Å². The van der Waals surface area contributed by atoms with Crippen molar-refractivity contribution in [1.82, 2.24) is 4.90 Å². The van der Waals surface area contributed by atoms with Crippen LogP contribution in [0.15, 0.2) is 35.3 Å². The van der Waals surface area contributed by atoms with Gasteiger partial charge in [0.2, 0.25) is 0 Å². The van der Waals surface area contributed by atoms with E-state index in [-0.39, 0.29) is 40.6 Å². The molecule has 1 saturated heterocycles. The van der Waals surface area contributed by atoms with Crippen molar-refractivity contribution in [3.05, 3.63) is 52.6 Å². The number of aldehydes is 1. The summed E-state index contributed by atoms with van der Waals surface area (Å²) in [6.45, 7) is 0.687. The average Bonchev–Trinajstić information content (AvgIpc) is 2.72. The maximum Gasteiger partial charge on any atom is 0.192 e. The molecular weight excluding hydrogens is 428 g/mol. The van der Waals surface area contributed by atoms with Crippen LogP contribution in [0.2, 0.25) is 5.02 Å². The zero-order valence-electron chi connectivity index (χ0n) is 17.1. The number of hydrogen-bond acceptors (Lipinski definition) is 4. The fraction of sp³-hybridized carbons (Fsp3) is 0.364. The van der Waals surface area contributed by atoms with Crippen LogP contribution in [0.5, 0.6) is 5.75 Å². The van der Waals surface area contributed by atoms with Gasteiger partial charge in [-0.3, -0.25) is 0 Å². The minimum atomic E-state index is -1.45. The number of nitrogens with zero attached hydrogens (tertiary/aromatic N) is 2. The number of hydrogen-bond donors (Lipinski definition) is 1. The molecule has 164 valence electrons. The van der Waals surface area contributed by atoms with Gasteiger partial charge in [0.25, 0.3) is 0 Å². The molecule has 2 heterocycles. The molecule has 31 heavy (non-hydrogen) atoms. The number of carbonyl (C=O) groups is 1. The third-order valence-electron chi connectivity index (χ3n) is 5.75. The summed E-state index contributed by atoms with van der Waals surface area (Å²) in [5.74, 6) is -1.36. The highest BCUT2D eigenvalue weighted by molar-refractivity contribution is 6.30. The first-order chi connectivity index (χ1) is 14.7. The van der Waals surface area contributed by atoms with Crippen molar-refractivity contribution in [3.8, 4) is 16.9 Å². The number of halogens is 3. The molecule has 0 spiro atoms. The molecule has 2 aliphatic heterocycles. The van der Waals surface area contributed by atoms with Gasteiger partial charge >= 0.3 is 0 Å². The summed E-state index contributed by atoms with van der Waals surface area (Å²) in [6.07, 6.45) is 0.844. The molecule has 0 saturated carbocycles. The van der Waals surface area contributed by atoms with E-state index in [1.807, 2.05) is 0 Å². The lowest BCUT2D eigenvalue weighted by Crippen LogP contribution is -2.54. The average molecular weight is 450 g/mol. The quantitative estimate of drug-likeness (QED) is 0.442. The van der Waals surface area contributed by atoms with Gasteiger partial charge in [-0.25, -0.2) is 13.8 Å². The Hall–Kier alpha value is -2.71. The van der Waals surface area contributed by atoms with E-state index in [0.717, 1.165) is 6.07 Å². The first kappa shape index (κ1) is 21.5. The fourth-order valence-corrected chi connectivity index (χ4v) is 4.36. The number of aliphatic imine (C=N–C) groups is 1. The molecule has 2 aromatic carbocycles. The minimum absolute atomic E-state index is 0.0729. The van der Waals surface area contributed by atoms with E-state index in [2.05, 4.69) is 4.99 Å². The van der Waals surface area contributed by atoms with Crippen LogP contribution >= 0.6 is 11.6 Å². The number of benzene rings is 2. The van der Waals surface area contributed by atoms with E-state index >= 15 is 4.39 Å². The molecule has 0 radical (unpaired) electrons. The van der Waals surface area contributed by atoms with Crippen molar-refractivity contribution in [3.63, 3.8) is 0 Å². The lowest BCUT2D eigenvalue weighted by molar-refractivity contribution is -0.124. The van der Waals surface area contributed by atoms with Gasteiger partial charge in [0.15, 0.2) is 17.8 Å². The highest BCUT2D eigenvalue weighted by atomic mass is 35.5. The molecule has 3 atom stereocenters. The van der Waals surface area contributed by atoms with E-state index in [0.29, 0.717) is 24.9 Å². The van der Waals surface area contributed by atoms with Crippen LogP contribution in [0.1, 0.15) is 12.0 Å². The molecule has 2 N–H and O–H groups in total. The van der Waals surface area contributed by atoms with Gasteiger partial charge in [-0.2, -0.15) is 0 Å². The van der Waals surface area contributed by atoms with Crippen molar-refractivity contribution in [2.45, 2.75) is 18.1 Å². The molecule has 1 fully saturated rings. The van der Waals surface area contributed by atoms with Crippen molar-refractivity contribution in [2.75, 3.05) is 27.3 Å². The van der Waals surface area contributed by atoms with Crippen LogP contribution in [0.25, 0.3) is 11.1 Å². The predicted octanol–water partition coefficient (Wildman–Crippen LogP) is 3.35. The second-order valence-corrected chi connectivity index (χ2v) is 8.36. The first-order valence-electron chi connectivity index (χ1n) is 9.79. The summed E-state index contributed by atoms with van der Waals surface area (Å²) < 4.78 is 40.7. The molecule has 6 nitrogen and oxygen atoms in total. The maximum atomic E-state index is 15.1. The fourth-order valence-electron chi connectivity index (χ4n) is 4.14. The molecule has 2 aliphatic rings. The Morgan fingerprint density at radius 3 is 2.74 bits per heavy atom. The molecule has 0 aliphatic carbocycles. The van der Waals surface area contributed by atoms with Gasteiger partial charge < -0.3 is 24.9 Å². The largest absolute Gasteiger partial charge is 0.489 e. The molecule has 4 rings (SSSR count). The van der Waals surface area contributed by atoms with Gasteiger partial charge in [0, 0.05) is 42.7 Å². The SMILES string of the molecule is CN(C)C(N)=NC1(C=O)c2cc(-c3cc(F)cc(Cl)c3)c(F)cc2OC2CCOCC21. The van der Waals surface area contributed by atoms with Crippen molar-refractivity contribution < 1.29 is 23.0 Å². The summed E-state index contributed by atoms with van der Waals surface area (Å²) in [4.78, 5) is 18.8. The second-order valence-electron chi connectivity index (χ2n) is 7.92. The minimum Gasteiger partial charge on any atom is -0.489 e. The third kappa shape index (κ3) is 3.74. The van der Waals surface area contributed by atoms with E-state index in [1.165, 1.54) is 24.3 Å². The van der Waals surface area contributed by atoms with Gasteiger partial charge in [-0.1, -0.05) is 11.6 Å². The van der Waals surface area contributed by atoms with E-state index in [1.54, 1.807) is 19.0 Å². The van der Waals surface area contributed by atoms with Gasteiger partial charge in [0.05, 0.1) is 19.1 Å². The summed E-state index contributed by atoms with van der Waals surface area (Å²) in [6, 6.07) is 6.42. The van der Waals surface area contributed by atoms with Crippen LogP contribution in [0.3, 0.4) is 0 Å². The molecule has 0 bridgehead atoms. The Morgan fingerprint density at radius 2 is 2.06 bits per heavy atom. The van der Waals surface area contributed by atoms with Gasteiger partial charge in [-0.15, -0.1) is 0 Å². The lowest BCUT2D eigenvalue weighted by Gasteiger charge is -2.45. The zero-order valence-corrected chi connectivity index (χ0v) is 17.8. The monoisotopic (exact) mass is 449 g/mol. The van der Waals surface area contributed by atoms with Gasteiger partial charge in [0.1, 0.15) is 23.5 Å². The predicted molar refractivity (Wildman–Crippen MR) is 113 cm³/mol. The van der Waals surface area contributed by atoms with E-state index < -0.39 is 23.1 Å². The van der Waals surface area contributed by atoms with E-state index in [4.69, 9.17) is 26.8 Å². The molecule has 2 aromatic rings. The third-order valence-corrected chi connectivity index (χ3v) is 5.97. The Kier molecular flexibility index (Phi) is 5.61. The zero-order chi connectivity index (χ0) is 22.3. The van der Waals surface area contributed by atoms with Crippen LogP contribution in [0.4, 0.5) is 8.78 Å². The molecule has 0 aromatic heterocycles. The number of ether oxygens (including phenoxy) is 2. The number of rotatable bonds is 3. The Labute approximate surface area is 183 Å². The standard InChI is InChI=1S/C22H22ClF2N3O3/c1-28(2)21(26)27-22(11-29)16-8-15(12-5-13(23)7-14(24)6-12)18(25)9-20(16)31-19-3-4-30-10-17(19)22/h5-9,11,17,19H,3-4,10H2,1-2H3,(H2,26,27). The van der Waals surface area contributed by atoms with E-state index in [9.17, 15) is 9.18 Å². The van der Waals surface area contributed by atoms with Crippen LogP contribution in [-0.2, 0) is 15.1 Å². The number of carbonyl (C=O) groups excluding carboxylic acids is 1. The molecule has 9 heteroatoms. The summed E-state index contributed by atoms with van der Waals surface area (Å²) >= 11 is 5.97. The number of nitrogens with two attached hydrogens (primary N) is 1. The number of guanidine groups is 1.